The minimum atomic E-state index is -1.49. The predicted octanol–water partition coefficient (Wildman–Crippen LogP) is 1.58. The number of carbonyl (C=O) groups is 1. The van der Waals surface area contributed by atoms with Gasteiger partial charge in [-0.05, 0) is 33.6 Å². The van der Waals surface area contributed by atoms with Crippen LogP contribution < -0.4 is 0 Å². The molecule has 1 aromatic rings. The second-order valence-electron chi connectivity index (χ2n) is 2.81. The maximum Gasteiger partial charge on any atom is 0.332 e. The molecule has 0 saturated heterocycles. The Labute approximate surface area is 88.3 Å². The molecule has 1 aromatic carbocycles. The first-order valence-electron chi connectivity index (χ1n) is 3.85. The summed E-state index contributed by atoms with van der Waals surface area (Å²) in [4.78, 5) is 10.3. The van der Waals surface area contributed by atoms with Crippen LogP contribution in [0, 0.1) is 5.82 Å². The van der Waals surface area contributed by atoms with E-state index >= 15 is 0 Å². The number of carboxylic acid groups (broad SMARTS) is 1. The number of hydrogen-bond acceptors (Lipinski definition) is 2. The third-order valence-corrected chi connectivity index (χ3v) is 2.34. The van der Waals surface area contributed by atoms with Crippen molar-refractivity contribution in [3.63, 3.8) is 0 Å². The van der Waals surface area contributed by atoms with E-state index in [0.29, 0.717) is 10.0 Å². The van der Waals surface area contributed by atoms with Crippen molar-refractivity contribution in [1.29, 1.82) is 0 Å². The third-order valence-electron chi connectivity index (χ3n) is 1.70. The topological polar surface area (TPSA) is 57.5 Å². The van der Waals surface area contributed by atoms with Crippen molar-refractivity contribution in [3.8, 4) is 0 Å². The molecule has 1 atom stereocenters. The van der Waals surface area contributed by atoms with Gasteiger partial charge in [-0.15, -0.1) is 0 Å². The van der Waals surface area contributed by atoms with Crippen molar-refractivity contribution >= 4 is 21.9 Å². The number of aliphatic hydroxyl groups excluding tert-OH is 1. The van der Waals surface area contributed by atoms with E-state index in [1.807, 2.05) is 0 Å². The largest absolute Gasteiger partial charge is 0.479 e. The molecular weight excluding hydrogens is 255 g/mol. The highest BCUT2D eigenvalue weighted by Crippen LogP contribution is 2.17. The monoisotopic (exact) mass is 262 g/mol. The van der Waals surface area contributed by atoms with Crippen LogP contribution in [0.4, 0.5) is 4.39 Å². The molecule has 0 aliphatic carbocycles. The van der Waals surface area contributed by atoms with Gasteiger partial charge in [0, 0.05) is 6.42 Å². The Bertz CT molecular complexity index is 354. The van der Waals surface area contributed by atoms with Gasteiger partial charge < -0.3 is 10.2 Å². The van der Waals surface area contributed by atoms with Crippen molar-refractivity contribution < 1.29 is 19.4 Å². The Hall–Kier alpha value is -0.940. The maximum absolute atomic E-state index is 13.0. The highest BCUT2D eigenvalue weighted by atomic mass is 79.9. The summed E-state index contributed by atoms with van der Waals surface area (Å²) in [5, 5.41) is 17.4. The molecule has 0 heterocycles. The Morgan fingerprint density at radius 1 is 1.57 bits per heavy atom. The van der Waals surface area contributed by atoms with Gasteiger partial charge in [0.25, 0.3) is 0 Å². The number of rotatable bonds is 3. The third kappa shape index (κ3) is 2.78. The van der Waals surface area contributed by atoms with Gasteiger partial charge in [-0.2, -0.15) is 0 Å². The molecule has 76 valence electrons. The lowest BCUT2D eigenvalue weighted by Gasteiger charge is -2.05. The molecule has 0 fully saturated rings. The summed E-state index contributed by atoms with van der Waals surface area (Å²) in [6.07, 6.45) is -1.59. The standard InChI is InChI=1S/C9H8BrFO3/c10-6-2-1-5(3-7(6)11)4-8(12)9(13)14/h1-3,8,12H,4H2,(H,13,14)/t8-/m0/s1. The SMILES string of the molecule is O=C(O)[C@@H](O)Cc1ccc(Br)c(F)c1. The van der Waals surface area contributed by atoms with Gasteiger partial charge >= 0.3 is 5.97 Å². The summed E-state index contributed by atoms with van der Waals surface area (Å²) >= 11 is 2.97. The normalized spacial score (nSPS) is 12.5. The molecular formula is C9H8BrFO3. The minimum Gasteiger partial charge on any atom is -0.479 e. The number of aliphatic carboxylic acids is 1. The van der Waals surface area contributed by atoms with Gasteiger partial charge in [0.2, 0.25) is 0 Å². The first-order chi connectivity index (χ1) is 6.50. The summed E-state index contributed by atoms with van der Waals surface area (Å²) < 4.78 is 13.3. The van der Waals surface area contributed by atoms with E-state index in [-0.39, 0.29) is 6.42 Å². The van der Waals surface area contributed by atoms with Crippen molar-refractivity contribution in [2.45, 2.75) is 12.5 Å². The summed E-state index contributed by atoms with van der Waals surface area (Å²) in [5.41, 5.74) is 0.445. The second kappa shape index (κ2) is 4.52. The van der Waals surface area contributed by atoms with Crippen molar-refractivity contribution in [2.24, 2.45) is 0 Å². The molecule has 0 radical (unpaired) electrons. The zero-order valence-electron chi connectivity index (χ0n) is 7.08. The van der Waals surface area contributed by atoms with Gasteiger partial charge in [-0.3, -0.25) is 0 Å². The smallest absolute Gasteiger partial charge is 0.332 e. The number of halogens is 2. The second-order valence-corrected chi connectivity index (χ2v) is 3.66. The van der Waals surface area contributed by atoms with Crippen LogP contribution in [-0.4, -0.2) is 22.3 Å². The van der Waals surface area contributed by atoms with Gasteiger partial charge in [-0.25, -0.2) is 9.18 Å². The number of benzene rings is 1. The van der Waals surface area contributed by atoms with Crippen molar-refractivity contribution in [2.75, 3.05) is 0 Å². The van der Waals surface area contributed by atoms with Crippen LogP contribution in [-0.2, 0) is 11.2 Å². The first kappa shape index (κ1) is 11.1. The minimum absolute atomic E-state index is 0.0977. The van der Waals surface area contributed by atoms with E-state index in [2.05, 4.69) is 15.9 Å². The fourth-order valence-corrected chi connectivity index (χ4v) is 1.22. The fourth-order valence-electron chi connectivity index (χ4n) is 0.977. The lowest BCUT2D eigenvalue weighted by atomic mass is 10.1. The van der Waals surface area contributed by atoms with Crippen LogP contribution in [0.5, 0.6) is 0 Å². The van der Waals surface area contributed by atoms with Crippen LogP contribution in [0.15, 0.2) is 22.7 Å². The van der Waals surface area contributed by atoms with Gasteiger partial charge in [0.15, 0.2) is 6.10 Å². The van der Waals surface area contributed by atoms with Crippen LogP contribution in [0.2, 0.25) is 0 Å². The van der Waals surface area contributed by atoms with Crippen molar-refractivity contribution in [1.82, 2.24) is 0 Å². The fraction of sp³-hybridized carbons (Fsp3) is 0.222. The average Bonchev–Trinajstić information content (AvgIpc) is 2.11. The molecule has 14 heavy (non-hydrogen) atoms. The van der Waals surface area contributed by atoms with E-state index in [1.54, 1.807) is 6.07 Å². The summed E-state index contributed by atoms with van der Waals surface area (Å²) in [5.74, 6) is -1.78. The molecule has 0 amide bonds. The summed E-state index contributed by atoms with van der Waals surface area (Å²) in [6, 6.07) is 4.22. The Kier molecular flexibility index (Phi) is 3.60. The Balaban J connectivity index is 2.78. The van der Waals surface area contributed by atoms with Crippen molar-refractivity contribution in [3.05, 3.63) is 34.1 Å². The number of hydrogen-bond donors (Lipinski definition) is 2. The van der Waals surface area contributed by atoms with E-state index in [4.69, 9.17) is 10.2 Å². The number of aliphatic hydroxyl groups is 1. The summed E-state index contributed by atoms with van der Waals surface area (Å²) in [6.45, 7) is 0. The molecule has 0 aliphatic heterocycles. The molecule has 0 spiro atoms. The van der Waals surface area contributed by atoms with Gasteiger partial charge in [0.05, 0.1) is 4.47 Å². The molecule has 0 aromatic heterocycles. The van der Waals surface area contributed by atoms with Gasteiger partial charge in [-0.1, -0.05) is 6.07 Å². The number of carboxylic acids is 1. The molecule has 0 unspecified atom stereocenters. The summed E-state index contributed by atoms with van der Waals surface area (Å²) in [7, 11) is 0. The maximum atomic E-state index is 13.0. The lowest BCUT2D eigenvalue weighted by molar-refractivity contribution is -0.146. The molecule has 3 nitrogen and oxygen atoms in total. The molecule has 0 aliphatic rings. The van der Waals surface area contributed by atoms with E-state index in [0.717, 1.165) is 0 Å². The molecule has 1 rings (SSSR count). The Morgan fingerprint density at radius 2 is 2.21 bits per heavy atom. The highest BCUT2D eigenvalue weighted by Gasteiger charge is 2.14. The molecule has 0 saturated carbocycles. The van der Waals surface area contributed by atoms with Crippen LogP contribution in [0.3, 0.4) is 0 Å². The van der Waals surface area contributed by atoms with E-state index in [9.17, 15) is 9.18 Å². The Morgan fingerprint density at radius 3 is 2.71 bits per heavy atom. The molecule has 0 bridgehead atoms. The molecule has 2 N–H and O–H groups in total. The zero-order chi connectivity index (χ0) is 10.7. The molecule has 5 heteroatoms. The zero-order valence-corrected chi connectivity index (χ0v) is 8.66. The van der Waals surface area contributed by atoms with Crippen LogP contribution in [0.25, 0.3) is 0 Å². The van der Waals surface area contributed by atoms with E-state index in [1.165, 1.54) is 12.1 Å². The quantitative estimate of drug-likeness (QED) is 0.870. The van der Waals surface area contributed by atoms with Gasteiger partial charge in [0.1, 0.15) is 5.82 Å². The average molecular weight is 263 g/mol. The van der Waals surface area contributed by atoms with Crippen LogP contribution >= 0.6 is 15.9 Å². The van der Waals surface area contributed by atoms with E-state index < -0.39 is 17.9 Å². The lowest BCUT2D eigenvalue weighted by Crippen LogP contribution is -2.21. The predicted molar refractivity (Wildman–Crippen MR) is 51.4 cm³/mol. The van der Waals surface area contributed by atoms with Crippen LogP contribution in [0.1, 0.15) is 5.56 Å². The highest BCUT2D eigenvalue weighted by molar-refractivity contribution is 9.10. The first-order valence-corrected chi connectivity index (χ1v) is 4.65.